The standard InChI is InChI=1S/C15H16BrNOS/c1-3-17(10-13-5-4-8-19-13)15-7-6-12(11(2)18)9-14(15)16/h4-9H,3,10H2,1-2H3. The molecule has 19 heavy (non-hydrogen) atoms. The van der Waals surface area contributed by atoms with Gasteiger partial charge in [0.1, 0.15) is 0 Å². The zero-order valence-electron chi connectivity index (χ0n) is 11.0. The summed E-state index contributed by atoms with van der Waals surface area (Å²) in [7, 11) is 0. The number of hydrogen-bond acceptors (Lipinski definition) is 3. The van der Waals surface area contributed by atoms with E-state index >= 15 is 0 Å². The number of anilines is 1. The van der Waals surface area contributed by atoms with Crippen LogP contribution in [0, 0.1) is 0 Å². The number of carbonyl (C=O) groups excluding carboxylic acids is 1. The van der Waals surface area contributed by atoms with Crippen molar-refractivity contribution in [3.05, 3.63) is 50.6 Å². The molecule has 100 valence electrons. The highest BCUT2D eigenvalue weighted by Gasteiger charge is 2.11. The van der Waals surface area contributed by atoms with Crippen LogP contribution < -0.4 is 4.90 Å². The number of ketones is 1. The summed E-state index contributed by atoms with van der Waals surface area (Å²) in [6.45, 7) is 5.55. The smallest absolute Gasteiger partial charge is 0.159 e. The van der Waals surface area contributed by atoms with Crippen molar-refractivity contribution in [3.8, 4) is 0 Å². The zero-order chi connectivity index (χ0) is 13.8. The summed E-state index contributed by atoms with van der Waals surface area (Å²) in [6.07, 6.45) is 0. The summed E-state index contributed by atoms with van der Waals surface area (Å²) in [5.41, 5.74) is 1.86. The molecule has 0 atom stereocenters. The van der Waals surface area contributed by atoms with Gasteiger partial charge in [-0.1, -0.05) is 6.07 Å². The van der Waals surface area contributed by atoms with E-state index in [1.165, 1.54) is 4.88 Å². The second-order valence-corrected chi connectivity index (χ2v) is 6.20. The molecule has 0 unspecified atom stereocenters. The fraction of sp³-hybridized carbons (Fsp3) is 0.267. The van der Waals surface area contributed by atoms with Crippen LogP contribution in [0.3, 0.4) is 0 Å². The Balaban J connectivity index is 2.25. The van der Waals surface area contributed by atoms with E-state index in [1.807, 2.05) is 18.2 Å². The molecule has 0 N–H and O–H groups in total. The molecular formula is C15H16BrNOS. The lowest BCUT2D eigenvalue weighted by Gasteiger charge is -2.24. The zero-order valence-corrected chi connectivity index (χ0v) is 13.4. The Hall–Kier alpha value is -1.13. The van der Waals surface area contributed by atoms with Gasteiger partial charge in [-0.3, -0.25) is 4.79 Å². The Morgan fingerprint density at radius 2 is 2.16 bits per heavy atom. The van der Waals surface area contributed by atoms with E-state index in [0.717, 1.165) is 28.8 Å². The van der Waals surface area contributed by atoms with Gasteiger partial charge in [-0.25, -0.2) is 0 Å². The van der Waals surface area contributed by atoms with Gasteiger partial charge in [0.05, 0.1) is 12.2 Å². The van der Waals surface area contributed by atoms with Crippen LogP contribution in [-0.2, 0) is 6.54 Å². The molecule has 4 heteroatoms. The van der Waals surface area contributed by atoms with Gasteiger partial charge in [0, 0.05) is 21.5 Å². The maximum absolute atomic E-state index is 11.4. The second kappa shape index (κ2) is 6.35. The maximum atomic E-state index is 11.4. The van der Waals surface area contributed by atoms with Crippen LogP contribution in [0.15, 0.2) is 40.2 Å². The molecule has 0 amide bonds. The molecule has 2 aromatic rings. The summed E-state index contributed by atoms with van der Waals surface area (Å²) in [5.74, 6) is 0.0913. The van der Waals surface area contributed by atoms with Crippen molar-refractivity contribution in [1.82, 2.24) is 0 Å². The van der Waals surface area contributed by atoms with Gasteiger partial charge in [0.2, 0.25) is 0 Å². The molecule has 2 rings (SSSR count). The summed E-state index contributed by atoms with van der Waals surface area (Å²) >= 11 is 5.33. The van der Waals surface area contributed by atoms with Crippen LogP contribution in [-0.4, -0.2) is 12.3 Å². The third-order valence-electron chi connectivity index (χ3n) is 3.00. The third-order valence-corrected chi connectivity index (χ3v) is 4.50. The lowest BCUT2D eigenvalue weighted by Crippen LogP contribution is -2.21. The van der Waals surface area contributed by atoms with E-state index < -0.39 is 0 Å². The molecule has 1 aromatic heterocycles. The van der Waals surface area contributed by atoms with Gasteiger partial charge in [-0.05, 0) is 59.4 Å². The van der Waals surface area contributed by atoms with Crippen LogP contribution in [0.4, 0.5) is 5.69 Å². The fourth-order valence-electron chi connectivity index (χ4n) is 1.94. The first-order valence-corrected chi connectivity index (χ1v) is 7.87. The normalized spacial score (nSPS) is 10.5. The first-order chi connectivity index (χ1) is 9.11. The largest absolute Gasteiger partial charge is 0.366 e. The van der Waals surface area contributed by atoms with E-state index in [-0.39, 0.29) is 5.78 Å². The van der Waals surface area contributed by atoms with E-state index in [0.29, 0.717) is 0 Å². The molecule has 0 saturated heterocycles. The number of nitrogens with zero attached hydrogens (tertiary/aromatic N) is 1. The van der Waals surface area contributed by atoms with Crippen LogP contribution in [0.5, 0.6) is 0 Å². The molecule has 0 saturated carbocycles. The fourth-order valence-corrected chi connectivity index (χ4v) is 3.29. The number of carbonyl (C=O) groups is 1. The Morgan fingerprint density at radius 1 is 1.37 bits per heavy atom. The third kappa shape index (κ3) is 3.45. The minimum atomic E-state index is 0.0913. The molecule has 0 radical (unpaired) electrons. The van der Waals surface area contributed by atoms with Crippen molar-refractivity contribution in [3.63, 3.8) is 0 Å². The van der Waals surface area contributed by atoms with Crippen molar-refractivity contribution in [2.24, 2.45) is 0 Å². The highest BCUT2D eigenvalue weighted by molar-refractivity contribution is 9.10. The summed E-state index contributed by atoms with van der Waals surface area (Å²) in [5, 5.41) is 2.09. The van der Waals surface area contributed by atoms with E-state index in [1.54, 1.807) is 18.3 Å². The van der Waals surface area contributed by atoms with Crippen molar-refractivity contribution in [2.45, 2.75) is 20.4 Å². The van der Waals surface area contributed by atoms with Crippen molar-refractivity contribution in [1.29, 1.82) is 0 Å². The molecule has 2 nitrogen and oxygen atoms in total. The Labute approximate surface area is 126 Å². The Morgan fingerprint density at radius 3 is 2.68 bits per heavy atom. The first-order valence-electron chi connectivity index (χ1n) is 6.19. The van der Waals surface area contributed by atoms with Crippen LogP contribution >= 0.6 is 27.3 Å². The highest BCUT2D eigenvalue weighted by Crippen LogP contribution is 2.29. The molecule has 0 aliphatic carbocycles. The summed E-state index contributed by atoms with van der Waals surface area (Å²) < 4.78 is 0.971. The molecule has 0 bridgehead atoms. The van der Waals surface area contributed by atoms with Gasteiger partial charge in [-0.2, -0.15) is 0 Å². The monoisotopic (exact) mass is 337 g/mol. The quantitative estimate of drug-likeness (QED) is 0.734. The molecule has 0 spiro atoms. The molecule has 0 aliphatic heterocycles. The van der Waals surface area contributed by atoms with E-state index in [9.17, 15) is 4.79 Å². The molecule has 1 aromatic carbocycles. The number of thiophene rings is 1. The van der Waals surface area contributed by atoms with Crippen LogP contribution in [0.2, 0.25) is 0 Å². The average molecular weight is 338 g/mol. The highest BCUT2D eigenvalue weighted by atomic mass is 79.9. The van der Waals surface area contributed by atoms with Gasteiger partial charge in [-0.15, -0.1) is 11.3 Å². The van der Waals surface area contributed by atoms with Crippen LogP contribution in [0.1, 0.15) is 29.1 Å². The number of rotatable bonds is 5. The molecule has 1 heterocycles. The van der Waals surface area contributed by atoms with Crippen molar-refractivity contribution in [2.75, 3.05) is 11.4 Å². The topological polar surface area (TPSA) is 20.3 Å². The second-order valence-electron chi connectivity index (χ2n) is 4.32. The predicted octanol–water partition coefficient (Wildman–Crippen LogP) is 4.74. The van der Waals surface area contributed by atoms with E-state index in [4.69, 9.17) is 0 Å². The number of benzene rings is 1. The predicted molar refractivity (Wildman–Crippen MR) is 85.2 cm³/mol. The number of hydrogen-bond donors (Lipinski definition) is 0. The molecule has 0 fully saturated rings. The molecular weight excluding hydrogens is 322 g/mol. The first kappa shape index (κ1) is 14.3. The van der Waals surface area contributed by atoms with Crippen LogP contribution in [0.25, 0.3) is 0 Å². The Kier molecular flexibility index (Phi) is 4.77. The van der Waals surface area contributed by atoms with Gasteiger partial charge < -0.3 is 4.90 Å². The number of halogens is 1. The summed E-state index contributed by atoms with van der Waals surface area (Å²) in [6, 6.07) is 10.0. The average Bonchev–Trinajstić information content (AvgIpc) is 2.89. The molecule has 0 aliphatic rings. The number of Topliss-reactive ketones (excluding diaryl/α,β-unsaturated/α-hetero) is 1. The minimum absolute atomic E-state index is 0.0913. The lowest BCUT2D eigenvalue weighted by atomic mass is 10.1. The van der Waals surface area contributed by atoms with Gasteiger partial charge in [0.15, 0.2) is 5.78 Å². The minimum Gasteiger partial charge on any atom is -0.366 e. The van der Waals surface area contributed by atoms with E-state index in [2.05, 4.69) is 45.3 Å². The van der Waals surface area contributed by atoms with Crippen molar-refractivity contribution >= 4 is 38.7 Å². The maximum Gasteiger partial charge on any atom is 0.159 e. The van der Waals surface area contributed by atoms with Gasteiger partial charge >= 0.3 is 0 Å². The summed E-state index contributed by atoms with van der Waals surface area (Å²) in [4.78, 5) is 15.0. The lowest BCUT2D eigenvalue weighted by molar-refractivity contribution is 0.101. The van der Waals surface area contributed by atoms with Crippen molar-refractivity contribution < 1.29 is 4.79 Å². The SMILES string of the molecule is CCN(Cc1cccs1)c1ccc(C(C)=O)cc1Br. The Bertz CT molecular complexity index is 566. The van der Waals surface area contributed by atoms with Gasteiger partial charge in [0.25, 0.3) is 0 Å².